The monoisotopic (exact) mass is 217 g/mol. The van der Waals surface area contributed by atoms with Crippen molar-refractivity contribution in [2.45, 2.75) is 32.8 Å². The Hall–Kier alpha value is -1.46. The molecule has 0 saturated carbocycles. The van der Waals surface area contributed by atoms with E-state index < -0.39 is 5.60 Å². The standard InChI is InChI=1S/C14H19NO/c1-11(2)10-14(3,16)8-7-12-5-4-6-13(15)9-12/h4-6,9,11,16H,10,15H2,1-3H3. The van der Waals surface area contributed by atoms with Crippen LogP contribution in [0.3, 0.4) is 0 Å². The first kappa shape index (κ1) is 12.6. The molecule has 0 radical (unpaired) electrons. The number of aliphatic hydroxyl groups is 1. The third kappa shape index (κ3) is 4.37. The molecule has 0 bridgehead atoms. The minimum Gasteiger partial charge on any atom is -0.399 e. The summed E-state index contributed by atoms with van der Waals surface area (Å²) < 4.78 is 0. The molecule has 2 nitrogen and oxygen atoms in total. The van der Waals surface area contributed by atoms with E-state index in [2.05, 4.69) is 25.7 Å². The number of rotatable bonds is 2. The number of hydrogen-bond acceptors (Lipinski definition) is 2. The molecule has 0 heterocycles. The van der Waals surface area contributed by atoms with Crippen molar-refractivity contribution < 1.29 is 5.11 Å². The molecule has 1 atom stereocenters. The van der Waals surface area contributed by atoms with Gasteiger partial charge in [-0.3, -0.25) is 0 Å². The number of nitrogens with two attached hydrogens (primary N) is 1. The second-order valence-corrected chi connectivity index (χ2v) is 4.75. The van der Waals surface area contributed by atoms with Crippen LogP contribution < -0.4 is 5.73 Å². The first-order valence-corrected chi connectivity index (χ1v) is 5.50. The average Bonchev–Trinajstić information content (AvgIpc) is 2.13. The Kier molecular flexibility index (Phi) is 3.98. The summed E-state index contributed by atoms with van der Waals surface area (Å²) in [5, 5.41) is 10.0. The molecule has 0 amide bonds. The van der Waals surface area contributed by atoms with Crippen molar-refractivity contribution in [2.75, 3.05) is 5.73 Å². The largest absolute Gasteiger partial charge is 0.399 e. The Morgan fingerprint density at radius 2 is 2.12 bits per heavy atom. The van der Waals surface area contributed by atoms with Crippen LogP contribution in [0.25, 0.3) is 0 Å². The molecule has 0 aliphatic heterocycles. The summed E-state index contributed by atoms with van der Waals surface area (Å²) in [7, 11) is 0. The lowest BCUT2D eigenvalue weighted by Gasteiger charge is -2.18. The van der Waals surface area contributed by atoms with Gasteiger partial charge in [0, 0.05) is 11.3 Å². The van der Waals surface area contributed by atoms with E-state index >= 15 is 0 Å². The van der Waals surface area contributed by atoms with Gasteiger partial charge in [0.1, 0.15) is 5.60 Å². The third-order valence-corrected chi connectivity index (χ3v) is 2.17. The van der Waals surface area contributed by atoms with Crippen molar-refractivity contribution in [3.63, 3.8) is 0 Å². The van der Waals surface area contributed by atoms with Crippen molar-refractivity contribution in [1.29, 1.82) is 0 Å². The molecule has 2 heteroatoms. The van der Waals surface area contributed by atoms with E-state index in [1.54, 1.807) is 13.0 Å². The Morgan fingerprint density at radius 3 is 2.69 bits per heavy atom. The normalized spacial score (nSPS) is 14.1. The van der Waals surface area contributed by atoms with Crippen LogP contribution in [0.5, 0.6) is 0 Å². The zero-order chi connectivity index (χ0) is 12.2. The van der Waals surface area contributed by atoms with Crippen molar-refractivity contribution in [2.24, 2.45) is 5.92 Å². The summed E-state index contributed by atoms with van der Waals surface area (Å²) in [5.74, 6) is 6.26. The van der Waals surface area contributed by atoms with Gasteiger partial charge in [0.15, 0.2) is 0 Å². The second kappa shape index (κ2) is 5.05. The molecule has 1 unspecified atom stereocenters. The molecular formula is C14H19NO. The van der Waals surface area contributed by atoms with Crippen molar-refractivity contribution >= 4 is 5.69 Å². The first-order chi connectivity index (χ1) is 7.39. The van der Waals surface area contributed by atoms with Gasteiger partial charge in [0.25, 0.3) is 0 Å². The van der Waals surface area contributed by atoms with Gasteiger partial charge in [-0.25, -0.2) is 0 Å². The fraction of sp³-hybridized carbons (Fsp3) is 0.429. The molecule has 86 valence electrons. The maximum atomic E-state index is 10.0. The predicted molar refractivity (Wildman–Crippen MR) is 67.8 cm³/mol. The number of anilines is 1. The second-order valence-electron chi connectivity index (χ2n) is 4.75. The smallest absolute Gasteiger partial charge is 0.123 e. The van der Waals surface area contributed by atoms with Crippen LogP contribution >= 0.6 is 0 Å². The molecule has 0 aliphatic carbocycles. The van der Waals surface area contributed by atoms with E-state index in [0.717, 1.165) is 5.56 Å². The van der Waals surface area contributed by atoms with E-state index in [1.165, 1.54) is 0 Å². The summed E-state index contributed by atoms with van der Waals surface area (Å²) in [5.41, 5.74) is 6.24. The zero-order valence-electron chi connectivity index (χ0n) is 10.1. The highest BCUT2D eigenvalue weighted by Crippen LogP contribution is 2.15. The molecule has 1 aromatic carbocycles. The number of hydrogen-bond donors (Lipinski definition) is 2. The van der Waals surface area contributed by atoms with Gasteiger partial charge in [0.05, 0.1) is 0 Å². The van der Waals surface area contributed by atoms with Crippen LogP contribution in [0.4, 0.5) is 5.69 Å². The van der Waals surface area contributed by atoms with Gasteiger partial charge >= 0.3 is 0 Å². The SMILES string of the molecule is CC(C)CC(C)(O)C#Cc1cccc(N)c1. The lowest BCUT2D eigenvalue weighted by molar-refractivity contribution is 0.0976. The number of benzene rings is 1. The van der Waals surface area contributed by atoms with E-state index in [1.807, 2.05) is 18.2 Å². The zero-order valence-corrected chi connectivity index (χ0v) is 10.1. The molecular weight excluding hydrogens is 198 g/mol. The first-order valence-electron chi connectivity index (χ1n) is 5.50. The molecule has 0 spiro atoms. The predicted octanol–water partition coefficient (Wildman–Crippen LogP) is 2.42. The van der Waals surface area contributed by atoms with E-state index in [-0.39, 0.29) is 0 Å². The minimum absolute atomic E-state index is 0.421. The Morgan fingerprint density at radius 1 is 1.44 bits per heavy atom. The fourth-order valence-corrected chi connectivity index (χ4v) is 1.67. The summed E-state index contributed by atoms with van der Waals surface area (Å²) in [6, 6.07) is 7.36. The highest BCUT2D eigenvalue weighted by molar-refractivity contribution is 5.47. The van der Waals surface area contributed by atoms with Crippen LogP contribution in [0.2, 0.25) is 0 Å². The fourth-order valence-electron chi connectivity index (χ4n) is 1.67. The van der Waals surface area contributed by atoms with Gasteiger partial charge in [0.2, 0.25) is 0 Å². The quantitative estimate of drug-likeness (QED) is 0.590. The summed E-state index contributed by atoms with van der Waals surface area (Å²) in [6.45, 7) is 5.87. The lowest BCUT2D eigenvalue weighted by Crippen LogP contribution is -2.23. The maximum absolute atomic E-state index is 10.0. The van der Waals surface area contributed by atoms with Crippen molar-refractivity contribution in [3.8, 4) is 11.8 Å². The van der Waals surface area contributed by atoms with E-state index in [4.69, 9.17) is 5.73 Å². The van der Waals surface area contributed by atoms with Gasteiger partial charge in [-0.05, 0) is 37.5 Å². The minimum atomic E-state index is -0.932. The summed E-state index contributed by atoms with van der Waals surface area (Å²) >= 11 is 0. The highest BCUT2D eigenvalue weighted by Gasteiger charge is 2.18. The Bertz CT molecular complexity index is 410. The molecule has 0 aliphatic rings. The highest BCUT2D eigenvalue weighted by atomic mass is 16.3. The molecule has 0 aromatic heterocycles. The molecule has 0 saturated heterocycles. The maximum Gasteiger partial charge on any atom is 0.123 e. The van der Waals surface area contributed by atoms with Crippen molar-refractivity contribution in [3.05, 3.63) is 29.8 Å². The summed E-state index contributed by atoms with van der Waals surface area (Å²) in [6.07, 6.45) is 0.669. The molecule has 3 N–H and O–H groups in total. The van der Waals surface area contributed by atoms with Gasteiger partial charge in [-0.1, -0.05) is 31.8 Å². The Labute approximate surface area is 97.5 Å². The average molecular weight is 217 g/mol. The molecule has 16 heavy (non-hydrogen) atoms. The molecule has 1 aromatic rings. The summed E-state index contributed by atoms with van der Waals surface area (Å²) in [4.78, 5) is 0. The van der Waals surface area contributed by atoms with Crippen LogP contribution in [0.15, 0.2) is 24.3 Å². The van der Waals surface area contributed by atoms with Crippen LogP contribution in [0.1, 0.15) is 32.8 Å². The van der Waals surface area contributed by atoms with Crippen LogP contribution in [-0.2, 0) is 0 Å². The van der Waals surface area contributed by atoms with Gasteiger partial charge in [-0.15, -0.1) is 0 Å². The van der Waals surface area contributed by atoms with Gasteiger partial charge in [-0.2, -0.15) is 0 Å². The molecule has 1 rings (SSSR count). The van der Waals surface area contributed by atoms with Gasteiger partial charge < -0.3 is 10.8 Å². The topological polar surface area (TPSA) is 46.2 Å². The van der Waals surface area contributed by atoms with Crippen molar-refractivity contribution in [1.82, 2.24) is 0 Å². The van der Waals surface area contributed by atoms with E-state index in [0.29, 0.717) is 18.0 Å². The van der Waals surface area contributed by atoms with E-state index in [9.17, 15) is 5.11 Å². The molecule has 0 fully saturated rings. The van der Waals surface area contributed by atoms with Crippen LogP contribution in [0, 0.1) is 17.8 Å². The third-order valence-electron chi connectivity index (χ3n) is 2.17. The lowest BCUT2D eigenvalue weighted by atomic mass is 9.94. The Balaban J connectivity index is 2.81. The number of nitrogen functional groups attached to an aromatic ring is 1. The van der Waals surface area contributed by atoms with Crippen LogP contribution in [-0.4, -0.2) is 10.7 Å².